The number of nitrogens with one attached hydrogen (secondary N) is 1. The molecule has 4 nitrogen and oxygen atoms in total. The van der Waals surface area contributed by atoms with Crippen LogP contribution in [0.15, 0.2) is 60.9 Å². The van der Waals surface area contributed by atoms with Gasteiger partial charge in [-0.3, -0.25) is 4.98 Å². The van der Waals surface area contributed by atoms with E-state index in [1.807, 2.05) is 24.4 Å². The van der Waals surface area contributed by atoms with Crippen molar-refractivity contribution in [3.05, 3.63) is 89.4 Å². The largest absolute Gasteiger partial charge is 0.306 e. The molecule has 6 heteroatoms. The van der Waals surface area contributed by atoms with Crippen molar-refractivity contribution in [1.29, 1.82) is 0 Å². The van der Waals surface area contributed by atoms with Gasteiger partial charge in [0.2, 0.25) is 0 Å². The number of halogens is 2. The molecule has 146 valence electrons. The highest BCUT2D eigenvalue weighted by Gasteiger charge is 2.25. The van der Waals surface area contributed by atoms with Crippen LogP contribution in [0.4, 0.5) is 8.78 Å². The average Bonchev–Trinajstić information content (AvgIpc) is 3.16. The highest BCUT2D eigenvalue weighted by molar-refractivity contribution is 5.81. The Morgan fingerprint density at radius 3 is 2.79 bits per heavy atom. The average molecular weight is 390 g/mol. The van der Waals surface area contributed by atoms with Gasteiger partial charge in [-0.2, -0.15) is 5.10 Å². The molecule has 1 unspecified atom stereocenters. The molecular formula is C23H20F2N4. The molecule has 1 N–H and O–H groups in total. The summed E-state index contributed by atoms with van der Waals surface area (Å²) in [7, 11) is 0. The van der Waals surface area contributed by atoms with Gasteiger partial charge in [0.25, 0.3) is 0 Å². The van der Waals surface area contributed by atoms with Gasteiger partial charge < -0.3 is 5.32 Å². The maximum Gasteiger partial charge on any atom is 0.128 e. The van der Waals surface area contributed by atoms with E-state index in [2.05, 4.69) is 27.5 Å². The normalized spacial score (nSPS) is 16.1. The van der Waals surface area contributed by atoms with E-state index in [-0.39, 0.29) is 6.04 Å². The fraction of sp³-hybridized carbons (Fsp3) is 0.217. The first-order valence-electron chi connectivity index (χ1n) is 9.78. The van der Waals surface area contributed by atoms with Gasteiger partial charge in [-0.15, -0.1) is 0 Å². The summed E-state index contributed by atoms with van der Waals surface area (Å²) in [5, 5.41) is 9.23. The highest BCUT2D eigenvalue weighted by atomic mass is 19.1. The molecule has 2 aromatic carbocycles. The van der Waals surface area contributed by atoms with Crippen LogP contribution in [0, 0.1) is 11.6 Å². The van der Waals surface area contributed by atoms with Gasteiger partial charge in [0.15, 0.2) is 0 Å². The summed E-state index contributed by atoms with van der Waals surface area (Å²) < 4.78 is 29.0. The lowest BCUT2D eigenvalue weighted by atomic mass is 9.92. The zero-order chi connectivity index (χ0) is 19.8. The van der Waals surface area contributed by atoms with Crippen molar-refractivity contribution in [3.63, 3.8) is 0 Å². The number of aromatic nitrogens is 3. The second-order valence-corrected chi connectivity index (χ2v) is 7.40. The summed E-state index contributed by atoms with van der Waals surface area (Å²) >= 11 is 0. The second kappa shape index (κ2) is 7.37. The van der Waals surface area contributed by atoms with E-state index < -0.39 is 11.6 Å². The van der Waals surface area contributed by atoms with Crippen molar-refractivity contribution in [2.45, 2.75) is 31.8 Å². The maximum atomic E-state index is 13.7. The van der Waals surface area contributed by atoms with Crippen LogP contribution in [0.2, 0.25) is 0 Å². The molecule has 0 aliphatic heterocycles. The lowest BCUT2D eigenvalue weighted by Crippen LogP contribution is -2.25. The number of fused-ring (bicyclic) bond motifs is 2. The summed E-state index contributed by atoms with van der Waals surface area (Å²) in [6.45, 7) is 0.715. The summed E-state index contributed by atoms with van der Waals surface area (Å²) in [6.07, 6.45) is 6.45. The first-order valence-corrected chi connectivity index (χ1v) is 9.78. The van der Waals surface area contributed by atoms with Crippen LogP contribution < -0.4 is 5.32 Å². The molecule has 0 radical (unpaired) electrons. The molecule has 2 heterocycles. The number of pyridine rings is 1. The molecule has 2 aromatic heterocycles. The first-order chi connectivity index (χ1) is 14.2. The van der Waals surface area contributed by atoms with E-state index in [9.17, 15) is 8.78 Å². The third-order valence-electron chi connectivity index (χ3n) is 5.55. The van der Waals surface area contributed by atoms with Gasteiger partial charge >= 0.3 is 0 Å². The van der Waals surface area contributed by atoms with Crippen molar-refractivity contribution >= 4 is 10.9 Å². The van der Waals surface area contributed by atoms with E-state index in [0.717, 1.165) is 47.5 Å². The lowest BCUT2D eigenvalue weighted by molar-refractivity contribution is 0.455. The van der Waals surface area contributed by atoms with Crippen LogP contribution >= 0.6 is 0 Å². The molecule has 0 fully saturated rings. The van der Waals surface area contributed by atoms with Gasteiger partial charge in [0, 0.05) is 41.5 Å². The zero-order valence-corrected chi connectivity index (χ0v) is 15.8. The Morgan fingerprint density at radius 2 is 1.93 bits per heavy atom. The Labute approximate surface area is 167 Å². The van der Waals surface area contributed by atoms with E-state index >= 15 is 0 Å². The molecule has 1 atom stereocenters. The van der Waals surface area contributed by atoms with Gasteiger partial charge in [-0.1, -0.05) is 18.2 Å². The van der Waals surface area contributed by atoms with Gasteiger partial charge in [-0.05, 0) is 49.1 Å². The monoisotopic (exact) mass is 390 g/mol. The standard InChI is InChI=1S/C23H20F2N4/c24-16-10-17(25)12-18(11-16)29-23-8-2-7-22(20(23)14-28-29)27-13-15-4-1-6-21-19(15)5-3-9-26-21/h1,3-6,9-12,14,22,27H,2,7-8,13H2. The first kappa shape index (κ1) is 17.9. The van der Waals surface area contributed by atoms with Crippen molar-refractivity contribution in [1.82, 2.24) is 20.1 Å². The Bertz CT molecular complexity index is 1160. The molecule has 4 aromatic rings. The van der Waals surface area contributed by atoms with Crippen LogP contribution in [0.3, 0.4) is 0 Å². The molecule has 5 rings (SSSR count). The minimum atomic E-state index is -0.598. The predicted molar refractivity (Wildman–Crippen MR) is 108 cm³/mol. The molecule has 1 aliphatic rings. The van der Waals surface area contributed by atoms with Crippen LogP contribution in [0.1, 0.15) is 35.7 Å². The molecule has 29 heavy (non-hydrogen) atoms. The summed E-state index contributed by atoms with van der Waals surface area (Å²) in [5.41, 5.74) is 4.71. The van der Waals surface area contributed by atoms with Crippen molar-refractivity contribution < 1.29 is 8.78 Å². The highest BCUT2D eigenvalue weighted by Crippen LogP contribution is 2.32. The SMILES string of the molecule is Fc1cc(F)cc(-n2ncc3c2CCCC3NCc2cccc3ncccc23)c1. The van der Waals surface area contributed by atoms with E-state index in [4.69, 9.17) is 0 Å². The number of nitrogens with zero attached hydrogens (tertiary/aromatic N) is 3. The lowest BCUT2D eigenvalue weighted by Gasteiger charge is -2.24. The molecule has 0 amide bonds. The predicted octanol–water partition coefficient (Wildman–Crippen LogP) is 4.87. The van der Waals surface area contributed by atoms with Gasteiger partial charge in [-0.25, -0.2) is 13.5 Å². The van der Waals surface area contributed by atoms with E-state index in [1.165, 1.54) is 17.7 Å². The minimum absolute atomic E-state index is 0.151. The van der Waals surface area contributed by atoms with Crippen LogP contribution in [-0.4, -0.2) is 14.8 Å². The summed E-state index contributed by atoms with van der Waals surface area (Å²) in [6, 6.07) is 13.8. The second-order valence-electron chi connectivity index (χ2n) is 7.40. The van der Waals surface area contributed by atoms with E-state index in [1.54, 1.807) is 10.9 Å². The number of hydrogen-bond donors (Lipinski definition) is 1. The van der Waals surface area contributed by atoms with E-state index in [0.29, 0.717) is 12.2 Å². The molecule has 0 saturated carbocycles. The van der Waals surface area contributed by atoms with Crippen LogP contribution in [0.5, 0.6) is 0 Å². The molecule has 0 spiro atoms. The fourth-order valence-electron chi connectivity index (χ4n) is 4.21. The Kier molecular flexibility index (Phi) is 4.56. The van der Waals surface area contributed by atoms with Crippen molar-refractivity contribution in [2.75, 3.05) is 0 Å². The Hall–Kier alpha value is -3.12. The smallest absolute Gasteiger partial charge is 0.128 e. The molecular weight excluding hydrogens is 370 g/mol. The van der Waals surface area contributed by atoms with Crippen molar-refractivity contribution in [2.24, 2.45) is 0 Å². The Morgan fingerprint density at radius 1 is 1.07 bits per heavy atom. The van der Waals surface area contributed by atoms with Crippen LogP contribution in [-0.2, 0) is 13.0 Å². The fourth-order valence-corrected chi connectivity index (χ4v) is 4.21. The summed E-state index contributed by atoms with van der Waals surface area (Å²) in [5.74, 6) is -1.20. The number of benzene rings is 2. The third-order valence-corrected chi connectivity index (χ3v) is 5.55. The quantitative estimate of drug-likeness (QED) is 0.541. The number of rotatable bonds is 4. The summed E-state index contributed by atoms with van der Waals surface area (Å²) in [4.78, 5) is 4.42. The maximum absolute atomic E-state index is 13.7. The molecule has 0 saturated heterocycles. The Balaban J connectivity index is 1.42. The van der Waals surface area contributed by atoms with Crippen LogP contribution in [0.25, 0.3) is 16.6 Å². The minimum Gasteiger partial charge on any atom is -0.306 e. The topological polar surface area (TPSA) is 42.7 Å². The molecule has 1 aliphatic carbocycles. The molecule has 0 bridgehead atoms. The van der Waals surface area contributed by atoms with Crippen molar-refractivity contribution in [3.8, 4) is 5.69 Å². The van der Waals surface area contributed by atoms with Gasteiger partial charge in [0.05, 0.1) is 17.4 Å². The zero-order valence-electron chi connectivity index (χ0n) is 15.8. The van der Waals surface area contributed by atoms with Gasteiger partial charge in [0.1, 0.15) is 11.6 Å². The third kappa shape index (κ3) is 3.40. The number of hydrogen-bond acceptors (Lipinski definition) is 3.